The molecular formula is C15H21NOS. The number of carbonyl (C=O) groups is 1. The molecule has 0 fully saturated rings. The van der Waals surface area contributed by atoms with Crippen LogP contribution >= 0.6 is 11.8 Å². The lowest BCUT2D eigenvalue weighted by Crippen LogP contribution is -2.48. The average molecular weight is 263 g/mol. The summed E-state index contributed by atoms with van der Waals surface area (Å²) >= 11 is 1.68. The van der Waals surface area contributed by atoms with E-state index in [2.05, 4.69) is 6.58 Å². The number of carbonyl (C=O) groups excluding carboxylic acids is 1. The Hall–Kier alpha value is -1.06. The Kier molecular flexibility index (Phi) is 5.17. The molecule has 1 atom stereocenters. The number of rotatable bonds is 6. The van der Waals surface area contributed by atoms with Gasteiger partial charge >= 0.3 is 0 Å². The van der Waals surface area contributed by atoms with Crippen molar-refractivity contribution in [1.29, 1.82) is 0 Å². The zero-order valence-electron chi connectivity index (χ0n) is 11.6. The van der Waals surface area contributed by atoms with Gasteiger partial charge in [0.25, 0.3) is 0 Å². The third-order valence-electron chi connectivity index (χ3n) is 3.37. The van der Waals surface area contributed by atoms with E-state index in [0.717, 1.165) is 5.56 Å². The van der Waals surface area contributed by atoms with Crippen molar-refractivity contribution < 1.29 is 4.79 Å². The van der Waals surface area contributed by atoms with Crippen LogP contribution in [0.15, 0.2) is 41.8 Å². The number of ketones is 1. The van der Waals surface area contributed by atoms with Gasteiger partial charge < -0.3 is 0 Å². The fraction of sp³-hybridized carbons (Fsp3) is 0.400. The van der Waals surface area contributed by atoms with Crippen molar-refractivity contribution in [2.75, 3.05) is 20.4 Å². The molecule has 0 aliphatic rings. The normalized spacial score (nSPS) is 14.3. The molecule has 0 bridgehead atoms. The maximum absolute atomic E-state index is 12.6. The lowest BCUT2D eigenvalue weighted by atomic mass is 9.87. The number of Topliss-reactive ketones (excluding diaryl/α,β-unsaturated/α-hetero) is 1. The first-order valence-corrected chi connectivity index (χ1v) is 7.15. The smallest absolute Gasteiger partial charge is 0.183 e. The molecule has 1 unspecified atom stereocenters. The number of benzene rings is 1. The van der Waals surface area contributed by atoms with E-state index in [-0.39, 0.29) is 5.78 Å². The van der Waals surface area contributed by atoms with Crippen LogP contribution in [-0.4, -0.2) is 36.6 Å². The Bertz CT molecular complexity index is 425. The van der Waals surface area contributed by atoms with Crippen LogP contribution < -0.4 is 0 Å². The standard InChI is InChI=1S/C15H21NOS/c1-6-11-15(2,16(3)4)14(17)12-7-9-13(18-5)10-8-12/h6-10H,1,11H2,2-5H3. The summed E-state index contributed by atoms with van der Waals surface area (Å²) in [5.41, 5.74) is 0.230. The lowest BCUT2D eigenvalue weighted by molar-refractivity contribution is 0.0725. The molecular weight excluding hydrogens is 242 g/mol. The molecule has 0 radical (unpaired) electrons. The molecule has 1 rings (SSSR count). The van der Waals surface area contributed by atoms with Gasteiger partial charge in [0.2, 0.25) is 0 Å². The third-order valence-corrected chi connectivity index (χ3v) is 4.11. The van der Waals surface area contributed by atoms with E-state index in [1.54, 1.807) is 17.8 Å². The molecule has 0 saturated heterocycles. The Morgan fingerprint density at radius 1 is 1.39 bits per heavy atom. The molecule has 0 amide bonds. The van der Waals surface area contributed by atoms with Gasteiger partial charge in [-0.1, -0.05) is 18.2 Å². The van der Waals surface area contributed by atoms with Crippen molar-refractivity contribution in [3.63, 3.8) is 0 Å². The second-order valence-corrected chi connectivity index (χ2v) is 5.60. The summed E-state index contributed by atoms with van der Waals surface area (Å²) in [5.74, 6) is 0.139. The molecule has 2 nitrogen and oxygen atoms in total. The summed E-state index contributed by atoms with van der Waals surface area (Å²) in [6.07, 6.45) is 4.47. The zero-order valence-corrected chi connectivity index (χ0v) is 12.4. The Morgan fingerprint density at radius 2 is 1.94 bits per heavy atom. The van der Waals surface area contributed by atoms with Gasteiger partial charge in [-0.25, -0.2) is 0 Å². The molecule has 98 valence electrons. The lowest BCUT2D eigenvalue weighted by Gasteiger charge is -2.34. The summed E-state index contributed by atoms with van der Waals surface area (Å²) in [4.78, 5) is 15.7. The minimum Gasteiger partial charge on any atom is -0.297 e. The monoisotopic (exact) mass is 263 g/mol. The van der Waals surface area contributed by atoms with Crippen LogP contribution in [0.1, 0.15) is 23.7 Å². The highest BCUT2D eigenvalue weighted by Gasteiger charge is 2.34. The molecule has 0 aliphatic carbocycles. The van der Waals surface area contributed by atoms with Crippen LogP contribution in [0.4, 0.5) is 0 Å². The predicted molar refractivity (Wildman–Crippen MR) is 79.5 cm³/mol. The first kappa shape index (κ1) is 15.0. The van der Waals surface area contributed by atoms with Crippen molar-refractivity contribution in [3.8, 4) is 0 Å². The van der Waals surface area contributed by atoms with Gasteiger partial charge in [0.05, 0.1) is 5.54 Å². The van der Waals surface area contributed by atoms with Gasteiger partial charge in [0, 0.05) is 10.5 Å². The second-order valence-electron chi connectivity index (χ2n) is 4.72. The molecule has 0 saturated carbocycles. The maximum Gasteiger partial charge on any atom is 0.183 e. The van der Waals surface area contributed by atoms with Gasteiger partial charge in [-0.05, 0) is 45.8 Å². The van der Waals surface area contributed by atoms with Gasteiger partial charge in [-0.15, -0.1) is 18.3 Å². The van der Waals surface area contributed by atoms with Crippen LogP contribution in [0, 0.1) is 0 Å². The number of nitrogens with zero attached hydrogens (tertiary/aromatic N) is 1. The first-order valence-electron chi connectivity index (χ1n) is 5.93. The van der Waals surface area contributed by atoms with Crippen LogP contribution in [-0.2, 0) is 0 Å². The van der Waals surface area contributed by atoms with E-state index < -0.39 is 5.54 Å². The van der Waals surface area contributed by atoms with Crippen LogP contribution in [0.25, 0.3) is 0 Å². The molecule has 1 aromatic carbocycles. The van der Waals surface area contributed by atoms with Gasteiger partial charge in [-0.3, -0.25) is 9.69 Å². The highest BCUT2D eigenvalue weighted by Crippen LogP contribution is 2.24. The van der Waals surface area contributed by atoms with Crippen molar-refractivity contribution >= 4 is 17.5 Å². The highest BCUT2D eigenvalue weighted by atomic mass is 32.2. The largest absolute Gasteiger partial charge is 0.297 e. The summed E-state index contributed by atoms with van der Waals surface area (Å²) in [5, 5.41) is 0. The highest BCUT2D eigenvalue weighted by molar-refractivity contribution is 7.98. The molecule has 0 heterocycles. The fourth-order valence-corrected chi connectivity index (χ4v) is 2.22. The number of hydrogen-bond donors (Lipinski definition) is 0. The number of hydrogen-bond acceptors (Lipinski definition) is 3. The Morgan fingerprint density at radius 3 is 2.33 bits per heavy atom. The Balaban J connectivity index is 3.05. The zero-order chi connectivity index (χ0) is 13.8. The summed E-state index contributed by atoms with van der Waals surface area (Å²) < 4.78 is 0. The Labute approximate surface area is 114 Å². The predicted octanol–water partition coefficient (Wildman–Crippen LogP) is 3.49. The second kappa shape index (κ2) is 6.21. The summed E-state index contributed by atoms with van der Waals surface area (Å²) in [6.45, 7) is 5.71. The van der Waals surface area contributed by atoms with Crippen molar-refractivity contribution in [3.05, 3.63) is 42.5 Å². The van der Waals surface area contributed by atoms with Crippen molar-refractivity contribution in [2.24, 2.45) is 0 Å². The summed E-state index contributed by atoms with van der Waals surface area (Å²) in [6, 6.07) is 7.78. The molecule has 0 aromatic heterocycles. The molecule has 3 heteroatoms. The average Bonchev–Trinajstić information content (AvgIpc) is 2.38. The quantitative estimate of drug-likeness (QED) is 0.445. The number of likely N-dealkylation sites (N-methyl/N-ethyl adjacent to an activating group) is 1. The van der Waals surface area contributed by atoms with Crippen molar-refractivity contribution in [2.45, 2.75) is 23.8 Å². The SMILES string of the molecule is C=CCC(C)(C(=O)c1ccc(SC)cc1)N(C)C. The van der Waals surface area contributed by atoms with E-state index in [1.165, 1.54) is 4.90 Å². The van der Waals surface area contributed by atoms with E-state index in [0.29, 0.717) is 6.42 Å². The van der Waals surface area contributed by atoms with E-state index >= 15 is 0 Å². The third kappa shape index (κ3) is 3.03. The van der Waals surface area contributed by atoms with Crippen molar-refractivity contribution in [1.82, 2.24) is 4.90 Å². The van der Waals surface area contributed by atoms with Crippen LogP contribution in [0.2, 0.25) is 0 Å². The fourth-order valence-electron chi connectivity index (χ4n) is 1.81. The minimum absolute atomic E-state index is 0.139. The summed E-state index contributed by atoms with van der Waals surface area (Å²) in [7, 11) is 3.86. The first-order chi connectivity index (χ1) is 8.45. The number of thioether (sulfide) groups is 1. The topological polar surface area (TPSA) is 20.3 Å². The minimum atomic E-state index is -0.525. The van der Waals surface area contributed by atoms with Gasteiger partial charge in [-0.2, -0.15) is 0 Å². The maximum atomic E-state index is 12.6. The van der Waals surface area contributed by atoms with Crippen LogP contribution in [0.5, 0.6) is 0 Å². The molecule has 18 heavy (non-hydrogen) atoms. The van der Waals surface area contributed by atoms with E-state index in [4.69, 9.17) is 0 Å². The molecule has 0 spiro atoms. The van der Waals surface area contributed by atoms with E-state index in [9.17, 15) is 4.79 Å². The van der Waals surface area contributed by atoms with Crippen LogP contribution in [0.3, 0.4) is 0 Å². The molecule has 1 aromatic rings. The van der Waals surface area contributed by atoms with Gasteiger partial charge in [0.1, 0.15) is 0 Å². The van der Waals surface area contributed by atoms with E-state index in [1.807, 2.05) is 56.4 Å². The molecule has 0 aliphatic heterocycles. The van der Waals surface area contributed by atoms with Gasteiger partial charge in [0.15, 0.2) is 5.78 Å². The molecule has 0 N–H and O–H groups in total.